The van der Waals surface area contributed by atoms with E-state index in [-0.39, 0.29) is 11.1 Å². The number of amides is 2. The first-order valence-electron chi connectivity index (χ1n) is 10.0. The zero-order chi connectivity index (χ0) is 22.9. The standard InChI is InChI=1S/C25H18N2O4S2/c1-30-18-4-3-5-19(31-2)23(18)21-9-8-20(32-21)15-10-11-26-17-7-6-14(12-16(15)17)13-22-24(28)27-25(29)33-22/h3-13H,1-2H3,(H,27,28,29)/b22-13-. The molecule has 0 unspecified atom stereocenters. The summed E-state index contributed by atoms with van der Waals surface area (Å²) in [6, 6.07) is 17.7. The molecule has 6 nitrogen and oxygen atoms in total. The van der Waals surface area contributed by atoms with Crippen LogP contribution in [0.3, 0.4) is 0 Å². The maximum Gasteiger partial charge on any atom is 0.290 e. The fraction of sp³-hybridized carbons (Fsp3) is 0.0800. The number of pyridine rings is 1. The van der Waals surface area contributed by atoms with Gasteiger partial charge in [-0.05, 0) is 65.9 Å². The van der Waals surface area contributed by atoms with Crippen LogP contribution >= 0.6 is 23.1 Å². The summed E-state index contributed by atoms with van der Waals surface area (Å²) in [7, 11) is 3.30. The molecular weight excluding hydrogens is 456 g/mol. The second-order valence-electron chi connectivity index (χ2n) is 7.19. The van der Waals surface area contributed by atoms with Gasteiger partial charge in [-0.25, -0.2) is 0 Å². The largest absolute Gasteiger partial charge is 0.496 e. The number of aromatic nitrogens is 1. The summed E-state index contributed by atoms with van der Waals surface area (Å²) < 4.78 is 11.1. The Labute approximate surface area is 198 Å². The van der Waals surface area contributed by atoms with Gasteiger partial charge in [0.05, 0.1) is 30.2 Å². The Kier molecular flexibility index (Phi) is 5.62. The quantitative estimate of drug-likeness (QED) is 0.359. The summed E-state index contributed by atoms with van der Waals surface area (Å²) in [5, 5.41) is 2.89. The van der Waals surface area contributed by atoms with Crippen LogP contribution in [0.5, 0.6) is 11.5 Å². The lowest BCUT2D eigenvalue weighted by molar-refractivity contribution is -0.115. The predicted molar refractivity (Wildman–Crippen MR) is 133 cm³/mol. The lowest BCUT2D eigenvalue weighted by atomic mass is 10.0. The first kappa shape index (κ1) is 21.2. The smallest absolute Gasteiger partial charge is 0.290 e. The Balaban J connectivity index is 1.59. The first-order chi connectivity index (χ1) is 16.1. The second-order valence-corrected chi connectivity index (χ2v) is 9.29. The number of benzene rings is 2. The molecule has 2 aromatic carbocycles. The molecule has 5 rings (SSSR count). The number of hydrogen-bond donors (Lipinski definition) is 1. The average Bonchev–Trinajstić information content (AvgIpc) is 3.44. The lowest BCUT2D eigenvalue weighted by Crippen LogP contribution is -2.17. The molecule has 8 heteroatoms. The second kappa shape index (κ2) is 8.73. The summed E-state index contributed by atoms with van der Waals surface area (Å²) in [6.07, 6.45) is 3.51. The highest BCUT2D eigenvalue weighted by Gasteiger charge is 2.25. The van der Waals surface area contributed by atoms with Crippen molar-refractivity contribution in [3.8, 4) is 32.4 Å². The number of thiophene rings is 1. The molecule has 3 heterocycles. The van der Waals surface area contributed by atoms with Gasteiger partial charge in [-0.3, -0.25) is 19.9 Å². The third-order valence-corrected chi connectivity index (χ3v) is 7.20. The number of fused-ring (bicyclic) bond motifs is 1. The van der Waals surface area contributed by atoms with Gasteiger partial charge < -0.3 is 9.47 Å². The van der Waals surface area contributed by atoms with Crippen LogP contribution in [-0.2, 0) is 4.79 Å². The van der Waals surface area contributed by atoms with Gasteiger partial charge in [0.15, 0.2) is 0 Å². The third kappa shape index (κ3) is 3.99. The Morgan fingerprint density at radius 2 is 1.70 bits per heavy atom. The van der Waals surface area contributed by atoms with Gasteiger partial charge in [0.25, 0.3) is 11.1 Å². The third-order valence-electron chi connectivity index (χ3n) is 5.25. The average molecular weight is 475 g/mol. The van der Waals surface area contributed by atoms with Crippen molar-refractivity contribution in [1.82, 2.24) is 10.3 Å². The number of ether oxygens (including phenoxy) is 2. The molecule has 164 valence electrons. The molecule has 1 aliphatic rings. The number of thioether (sulfide) groups is 1. The maximum absolute atomic E-state index is 11.9. The number of hydrogen-bond acceptors (Lipinski definition) is 7. The molecule has 4 aromatic rings. The van der Waals surface area contributed by atoms with E-state index in [2.05, 4.69) is 22.4 Å². The van der Waals surface area contributed by atoms with Gasteiger partial charge in [-0.15, -0.1) is 11.3 Å². The van der Waals surface area contributed by atoms with Crippen LogP contribution < -0.4 is 14.8 Å². The number of carbonyl (C=O) groups is 2. The predicted octanol–water partition coefficient (Wildman–Crippen LogP) is 5.97. The molecule has 0 radical (unpaired) electrons. The molecule has 1 aliphatic heterocycles. The lowest BCUT2D eigenvalue weighted by Gasteiger charge is -2.11. The van der Waals surface area contributed by atoms with E-state index >= 15 is 0 Å². The number of carbonyl (C=O) groups excluding carboxylic acids is 2. The van der Waals surface area contributed by atoms with Crippen molar-refractivity contribution in [2.75, 3.05) is 14.2 Å². The number of nitrogens with zero attached hydrogens (tertiary/aromatic N) is 1. The van der Waals surface area contributed by atoms with Crippen LogP contribution in [0.4, 0.5) is 4.79 Å². The molecule has 0 aliphatic carbocycles. The van der Waals surface area contributed by atoms with Crippen molar-refractivity contribution in [3.05, 3.63) is 71.3 Å². The van der Waals surface area contributed by atoms with E-state index in [0.717, 1.165) is 60.6 Å². The minimum absolute atomic E-state index is 0.354. The van der Waals surface area contributed by atoms with Crippen molar-refractivity contribution in [3.63, 3.8) is 0 Å². The first-order valence-corrected chi connectivity index (χ1v) is 11.7. The maximum atomic E-state index is 11.9. The zero-order valence-electron chi connectivity index (χ0n) is 17.7. The fourth-order valence-electron chi connectivity index (χ4n) is 3.75. The zero-order valence-corrected chi connectivity index (χ0v) is 19.4. The molecule has 1 fully saturated rings. The van der Waals surface area contributed by atoms with Crippen LogP contribution in [0, 0.1) is 0 Å². The molecule has 2 amide bonds. The van der Waals surface area contributed by atoms with E-state index in [1.165, 1.54) is 0 Å². The topological polar surface area (TPSA) is 77.5 Å². The Morgan fingerprint density at radius 1 is 0.939 bits per heavy atom. The van der Waals surface area contributed by atoms with Gasteiger partial charge in [0.2, 0.25) is 0 Å². The summed E-state index contributed by atoms with van der Waals surface area (Å²) in [6.45, 7) is 0. The molecular formula is C25H18N2O4S2. The number of imide groups is 1. The highest BCUT2D eigenvalue weighted by atomic mass is 32.2. The molecule has 0 atom stereocenters. The molecule has 1 saturated heterocycles. The number of methoxy groups -OCH3 is 2. The Morgan fingerprint density at radius 3 is 2.39 bits per heavy atom. The van der Waals surface area contributed by atoms with Crippen LogP contribution in [0.15, 0.2) is 65.7 Å². The molecule has 2 aromatic heterocycles. The summed E-state index contributed by atoms with van der Waals surface area (Å²) in [5.74, 6) is 1.13. The highest BCUT2D eigenvalue weighted by Crippen LogP contribution is 2.44. The summed E-state index contributed by atoms with van der Waals surface area (Å²) in [5.41, 5.74) is 3.62. The van der Waals surface area contributed by atoms with Crippen molar-refractivity contribution in [2.45, 2.75) is 0 Å². The molecule has 33 heavy (non-hydrogen) atoms. The molecule has 0 bridgehead atoms. The summed E-state index contributed by atoms with van der Waals surface area (Å²) >= 11 is 2.54. The van der Waals surface area contributed by atoms with E-state index in [4.69, 9.17) is 9.47 Å². The highest BCUT2D eigenvalue weighted by molar-refractivity contribution is 8.18. The van der Waals surface area contributed by atoms with Crippen LogP contribution in [-0.4, -0.2) is 30.3 Å². The number of nitrogens with one attached hydrogen (secondary N) is 1. The Hall–Kier alpha value is -3.62. The minimum atomic E-state index is -0.370. The van der Waals surface area contributed by atoms with Gasteiger partial charge in [0.1, 0.15) is 11.5 Å². The summed E-state index contributed by atoms with van der Waals surface area (Å²) in [4.78, 5) is 30.4. The van der Waals surface area contributed by atoms with Crippen molar-refractivity contribution >= 4 is 51.2 Å². The molecule has 0 saturated carbocycles. The van der Waals surface area contributed by atoms with Crippen molar-refractivity contribution in [2.24, 2.45) is 0 Å². The van der Waals surface area contributed by atoms with E-state index in [0.29, 0.717) is 4.91 Å². The van der Waals surface area contributed by atoms with Crippen LogP contribution in [0.2, 0.25) is 0 Å². The van der Waals surface area contributed by atoms with Crippen molar-refractivity contribution in [1.29, 1.82) is 0 Å². The van der Waals surface area contributed by atoms with E-state index in [1.807, 2.05) is 42.5 Å². The SMILES string of the molecule is COc1cccc(OC)c1-c1ccc(-c2ccnc3ccc(/C=C4\SC(=O)NC4=O)cc23)s1. The normalized spacial score (nSPS) is 14.7. The van der Waals surface area contributed by atoms with E-state index in [1.54, 1.807) is 37.8 Å². The van der Waals surface area contributed by atoms with Crippen LogP contribution in [0.1, 0.15) is 5.56 Å². The van der Waals surface area contributed by atoms with Gasteiger partial charge in [0, 0.05) is 26.9 Å². The van der Waals surface area contributed by atoms with Gasteiger partial charge in [-0.2, -0.15) is 0 Å². The molecule has 1 N–H and O–H groups in total. The van der Waals surface area contributed by atoms with Gasteiger partial charge >= 0.3 is 0 Å². The monoisotopic (exact) mass is 474 g/mol. The molecule has 0 spiro atoms. The van der Waals surface area contributed by atoms with E-state index in [9.17, 15) is 9.59 Å². The van der Waals surface area contributed by atoms with E-state index < -0.39 is 0 Å². The van der Waals surface area contributed by atoms with Crippen LogP contribution in [0.25, 0.3) is 37.9 Å². The van der Waals surface area contributed by atoms with Crippen molar-refractivity contribution < 1.29 is 19.1 Å². The minimum Gasteiger partial charge on any atom is -0.496 e. The Bertz CT molecular complexity index is 1420. The van der Waals surface area contributed by atoms with Gasteiger partial charge in [-0.1, -0.05) is 12.1 Å². The number of rotatable bonds is 5. The fourth-order valence-corrected chi connectivity index (χ4v) is 5.53.